The van der Waals surface area contributed by atoms with E-state index in [0.717, 1.165) is 18.0 Å². The SMILES string of the molecule is CCC(CC1CC1)NC1CCC(C)(C)CC1. The molecule has 0 radical (unpaired) electrons. The molecule has 0 aromatic carbocycles. The average Bonchev–Trinajstić information content (AvgIpc) is 3.04. The summed E-state index contributed by atoms with van der Waals surface area (Å²) in [5.41, 5.74) is 0.608. The number of hydrogen-bond donors (Lipinski definition) is 1. The van der Waals surface area contributed by atoms with Crippen LogP contribution in [-0.4, -0.2) is 12.1 Å². The zero-order chi connectivity index (χ0) is 11.6. The minimum Gasteiger partial charge on any atom is -0.311 e. The summed E-state index contributed by atoms with van der Waals surface area (Å²) in [4.78, 5) is 0. The van der Waals surface area contributed by atoms with E-state index in [4.69, 9.17) is 0 Å². The van der Waals surface area contributed by atoms with Gasteiger partial charge in [0.2, 0.25) is 0 Å². The van der Waals surface area contributed by atoms with Crippen molar-refractivity contribution in [3.05, 3.63) is 0 Å². The Morgan fingerprint density at radius 1 is 1.12 bits per heavy atom. The normalized spacial score (nSPS) is 27.9. The van der Waals surface area contributed by atoms with Crippen molar-refractivity contribution in [3.63, 3.8) is 0 Å². The topological polar surface area (TPSA) is 12.0 Å². The molecule has 0 spiro atoms. The van der Waals surface area contributed by atoms with Crippen molar-refractivity contribution in [2.75, 3.05) is 0 Å². The summed E-state index contributed by atoms with van der Waals surface area (Å²) >= 11 is 0. The van der Waals surface area contributed by atoms with Gasteiger partial charge in [-0.05, 0) is 49.9 Å². The third-order valence-electron chi connectivity index (χ3n) is 4.62. The maximum Gasteiger partial charge on any atom is 0.00700 e. The lowest BCUT2D eigenvalue weighted by Gasteiger charge is -2.36. The smallest absolute Gasteiger partial charge is 0.00700 e. The van der Waals surface area contributed by atoms with E-state index < -0.39 is 0 Å². The second-order valence-corrected chi connectivity index (χ2v) is 6.89. The van der Waals surface area contributed by atoms with Crippen LogP contribution in [0.5, 0.6) is 0 Å². The Hall–Kier alpha value is -0.0400. The molecular weight excluding hydrogens is 194 g/mol. The molecule has 1 N–H and O–H groups in total. The Morgan fingerprint density at radius 3 is 2.25 bits per heavy atom. The summed E-state index contributed by atoms with van der Waals surface area (Å²) in [5, 5.41) is 3.91. The highest BCUT2D eigenvalue weighted by atomic mass is 15.0. The summed E-state index contributed by atoms with van der Waals surface area (Å²) < 4.78 is 0. The molecule has 2 rings (SSSR count). The van der Waals surface area contributed by atoms with E-state index in [9.17, 15) is 0 Å². The van der Waals surface area contributed by atoms with Gasteiger partial charge in [0, 0.05) is 12.1 Å². The number of nitrogens with one attached hydrogen (secondary N) is 1. The number of rotatable bonds is 5. The Labute approximate surface area is 101 Å². The molecule has 2 aliphatic rings. The van der Waals surface area contributed by atoms with Crippen LogP contribution in [0.15, 0.2) is 0 Å². The van der Waals surface area contributed by atoms with Crippen LogP contribution in [0.3, 0.4) is 0 Å². The molecule has 1 nitrogen and oxygen atoms in total. The molecule has 0 aromatic rings. The summed E-state index contributed by atoms with van der Waals surface area (Å²) in [6.45, 7) is 7.18. The second-order valence-electron chi connectivity index (χ2n) is 6.89. The van der Waals surface area contributed by atoms with Gasteiger partial charge in [0.15, 0.2) is 0 Å². The second kappa shape index (κ2) is 5.08. The van der Waals surface area contributed by atoms with Gasteiger partial charge in [-0.1, -0.05) is 33.6 Å². The molecule has 0 amide bonds. The lowest BCUT2D eigenvalue weighted by molar-refractivity contribution is 0.194. The first-order valence-electron chi connectivity index (χ1n) is 7.35. The van der Waals surface area contributed by atoms with Crippen molar-refractivity contribution < 1.29 is 0 Å². The highest BCUT2D eigenvalue weighted by molar-refractivity contribution is 4.86. The molecule has 94 valence electrons. The first-order valence-corrected chi connectivity index (χ1v) is 7.35. The van der Waals surface area contributed by atoms with E-state index in [1.54, 1.807) is 0 Å². The highest BCUT2D eigenvalue weighted by Crippen LogP contribution is 2.37. The van der Waals surface area contributed by atoms with E-state index in [-0.39, 0.29) is 0 Å². The van der Waals surface area contributed by atoms with Crippen molar-refractivity contribution in [1.29, 1.82) is 0 Å². The van der Waals surface area contributed by atoms with E-state index >= 15 is 0 Å². The molecule has 1 heteroatoms. The third kappa shape index (κ3) is 3.76. The summed E-state index contributed by atoms with van der Waals surface area (Å²) in [6, 6.07) is 1.62. The van der Waals surface area contributed by atoms with Crippen LogP contribution in [0.1, 0.15) is 72.1 Å². The summed E-state index contributed by atoms with van der Waals surface area (Å²) in [6.07, 6.45) is 11.4. The molecule has 2 aliphatic carbocycles. The van der Waals surface area contributed by atoms with Crippen LogP contribution in [0, 0.1) is 11.3 Å². The Bertz CT molecular complexity index is 207. The van der Waals surface area contributed by atoms with Crippen molar-refractivity contribution in [2.45, 2.75) is 84.2 Å². The maximum absolute atomic E-state index is 3.91. The molecule has 2 saturated carbocycles. The Balaban J connectivity index is 1.71. The van der Waals surface area contributed by atoms with Gasteiger partial charge < -0.3 is 5.32 Å². The third-order valence-corrected chi connectivity index (χ3v) is 4.62. The molecule has 0 aromatic heterocycles. The fourth-order valence-corrected chi connectivity index (χ4v) is 3.01. The van der Waals surface area contributed by atoms with E-state index in [0.29, 0.717) is 5.41 Å². The molecule has 2 fully saturated rings. The standard InChI is InChI=1S/C15H29N/c1-4-13(11-12-5-6-12)16-14-7-9-15(2,3)10-8-14/h12-14,16H,4-11H2,1-3H3. The van der Waals surface area contributed by atoms with Gasteiger partial charge in [-0.25, -0.2) is 0 Å². The van der Waals surface area contributed by atoms with Crippen LogP contribution in [0.2, 0.25) is 0 Å². The van der Waals surface area contributed by atoms with E-state index in [1.807, 2.05) is 0 Å². The lowest BCUT2D eigenvalue weighted by atomic mass is 9.75. The van der Waals surface area contributed by atoms with Crippen LogP contribution >= 0.6 is 0 Å². The van der Waals surface area contributed by atoms with Gasteiger partial charge in [-0.3, -0.25) is 0 Å². The zero-order valence-corrected chi connectivity index (χ0v) is 11.4. The fraction of sp³-hybridized carbons (Fsp3) is 1.00. The molecule has 0 bridgehead atoms. The number of hydrogen-bond acceptors (Lipinski definition) is 1. The fourth-order valence-electron chi connectivity index (χ4n) is 3.01. The first-order chi connectivity index (χ1) is 7.59. The minimum atomic E-state index is 0.608. The van der Waals surface area contributed by atoms with Gasteiger partial charge in [0.1, 0.15) is 0 Å². The van der Waals surface area contributed by atoms with Crippen molar-refractivity contribution in [3.8, 4) is 0 Å². The molecule has 0 saturated heterocycles. The van der Waals surface area contributed by atoms with Crippen LogP contribution in [-0.2, 0) is 0 Å². The van der Waals surface area contributed by atoms with Gasteiger partial charge >= 0.3 is 0 Å². The van der Waals surface area contributed by atoms with Crippen LogP contribution in [0.25, 0.3) is 0 Å². The lowest BCUT2D eigenvalue weighted by Crippen LogP contribution is -2.41. The molecule has 1 unspecified atom stereocenters. The van der Waals surface area contributed by atoms with Crippen molar-refractivity contribution in [1.82, 2.24) is 5.32 Å². The first kappa shape index (κ1) is 12.4. The Morgan fingerprint density at radius 2 is 1.75 bits per heavy atom. The van der Waals surface area contributed by atoms with Gasteiger partial charge in [-0.15, -0.1) is 0 Å². The van der Waals surface area contributed by atoms with Gasteiger partial charge in [-0.2, -0.15) is 0 Å². The molecule has 16 heavy (non-hydrogen) atoms. The molecule has 0 heterocycles. The van der Waals surface area contributed by atoms with Gasteiger partial charge in [0.05, 0.1) is 0 Å². The average molecular weight is 223 g/mol. The van der Waals surface area contributed by atoms with Gasteiger partial charge in [0.25, 0.3) is 0 Å². The van der Waals surface area contributed by atoms with Crippen LogP contribution in [0.4, 0.5) is 0 Å². The largest absolute Gasteiger partial charge is 0.311 e. The monoisotopic (exact) mass is 223 g/mol. The maximum atomic E-state index is 3.91. The molecule has 1 atom stereocenters. The van der Waals surface area contributed by atoms with Crippen LogP contribution < -0.4 is 5.32 Å². The summed E-state index contributed by atoms with van der Waals surface area (Å²) in [7, 11) is 0. The molecule has 0 aliphatic heterocycles. The van der Waals surface area contributed by atoms with Crippen molar-refractivity contribution in [2.24, 2.45) is 11.3 Å². The minimum absolute atomic E-state index is 0.608. The predicted octanol–water partition coefficient (Wildman–Crippen LogP) is 4.12. The summed E-state index contributed by atoms with van der Waals surface area (Å²) in [5.74, 6) is 1.07. The van der Waals surface area contributed by atoms with E-state index in [1.165, 1.54) is 51.4 Å². The molecular formula is C15H29N. The quantitative estimate of drug-likeness (QED) is 0.739. The highest BCUT2D eigenvalue weighted by Gasteiger charge is 2.29. The predicted molar refractivity (Wildman–Crippen MR) is 70.6 cm³/mol. The Kier molecular flexibility index (Phi) is 3.94. The van der Waals surface area contributed by atoms with E-state index in [2.05, 4.69) is 26.1 Å². The zero-order valence-electron chi connectivity index (χ0n) is 11.4. The van der Waals surface area contributed by atoms with Crippen molar-refractivity contribution >= 4 is 0 Å².